The molecule has 1 aromatic heterocycles. The molecule has 80 valence electrons. The van der Waals surface area contributed by atoms with Gasteiger partial charge in [0, 0.05) is 24.0 Å². The Balaban J connectivity index is 1.83. The smallest absolute Gasteiger partial charge is 0.0991 e. The molecule has 0 unspecified atom stereocenters. The van der Waals surface area contributed by atoms with E-state index in [1.54, 1.807) is 11.3 Å². The van der Waals surface area contributed by atoms with Crippen LogP contribution in [0.1, 0.15) is 11.3 Å². The zero-order chi connectivity index (χ0) is 11.2. The number of rotatable bonds is 4. The number of nitrogens with one attached hydrogen (secondary N) is 1. The van der Waals surface area contributed by atoms with Crippen molar-refractivity contribution in [2.75, 3.05) is 11.9 Å². The number of thiazole rings is 1. The molecule has 0 bridgehead atoms. The maximum Gasteiger partial charge on any atom is 0.0991 e. The standard InChI is InChI=1S/C12H11N3S/c13-7-10-1-3-11(4-2-10)14-6-5-12-8-16-9-15-12/h1-4,8-9,14H,5-6H2. The van der Waals surface area contributed by atoms with E-state index in [1.165, 1.54) is 0 Å². The highest BCUT2D eigenvalue weighted by Gasteiger charge is 1.95. The summed E-state index contributed by atoms with van der Waals surface area (Å²) in [5, 5.41) is 14.0. The minimum atomic E-state index is 0.685. The Labute approximate surface area is 98.4 Å². The molecule has 0 aliphatic carbocycles. The van der Waals surface area contributed by atoms with E-state index in [0.29, 0.717) is 5.56 Å². The SMILES string of the molecule is N#Cc1ccc(NCCc2cscn2)cc1. The largest absolute Gasteiger partial charge is 0.385 e. The molecule has 2 aromatic rings. The first-order valence-electron chi connectivity index (χ1n) is 4.99. The molecule has 3 nitrogen and oxygen atoms in total. The van der Waals surface area contributed by atoms with Crippen molar-refractivity contribution >= 4 is 17.0 Å². The summed E-state index contributed by atoms with van der Waals surface area (Å²) in [5.41, 5.74) is 4.68. The molecule has 0 aliphatic heterocycles. The van der Waals surface area contributed by atoms with E-state index in [4.69, 9.17) is 5.26 Å². The molecule has 0 radical (unpaired) electrons. The minimum absolute atomic E-state index is 0.685. The number of nitriles is 1. The minimum Gasteiger partial charge on any atom is -0.385 e. The van der Waals surface area contributed by atoms with Crippen LogP contribution in [0.4, 0.5) is 5.69 Å². The topological polar surface area (TPSA) is 48.7 Å². The van der Waals surface area contributed by atoms with Crippen LogP contribution in [0.2, 0.25) is 0 Å². The van der Waals surface area contributed by atoms with Gasteiger partial charge in [-0.2, -0.15) is 5.26 Å². The Bertz CT molecular complexity index is 468. The Hall–Kier alpha value is -1.86. The monoisotopic (exact) mass is 229 g/mol. The molecule has 16 heavy (non-hydrogen) atoms. The van der Waals surface area contributed by atoms with Gasteiger partial charge < -0.3 is 5.32 Å². The van der Waals surface area contributed by atoms with Crippen molar-refractivity contribution in [3.8, 4) is 6.07 Å². The summed E-state index contributed by atoms with van der Waals surface area (Å²) in [4.78, 5) is 4.21. The molecule has 0 atom stereocenters. The van der Waals surface area contributed by atoms with Gasteiger partial charge in [0.15, 0.2) is 0 Å². The number of hydrogen-bond acceptors (Lipinski definition) is 4. The molecule has 4 heteroatoms. The second kappa shape index (κ2) is 5.29. The summed E-state index contributed by atoms with van der Waals surface area (Å²) in [6.45, 7) is 0.857. The van der Waals surface area contributed by atoms with E-state index >= 15 is 0 Å². The average Bonchev–Trinajstić information content (AvgIpc) is 2.83. The summed E-state index contributed by atoms with van der Waals surface area (Å²) in [6.07, 6.45) is 0.920. The predicted molar refractivity (Wildman–Crippen MR) is 65.5 cm³/mol. The summed E-state index contributed by atoms with van der Waals surface area (Å²) in [5.74, 6) is 0. The molecule has 0 spiro atoms. The summed E-state index contributed by atoms with van der Waals surface area (Å²) < 4.78 is 0. The number of anilines is 1. The molecule has 1 N–H and O–H groups in total. The van der Waals surface area contributed by atoms with Gasteiger partial charge in [0.05, 0.1) is 22.8 Å². The lowest BCUT2D eigenvalue weighted by atomic mass is 10.2. The number of aromatic nitrogens is 1. The van der Waals surface area contributed by atoms with Gasteiger partial charge in [0.1, 0.15) is 0 Å². The number of benzene rings is 1. The van der Waals surface area contributed by atoms with E-state index in [0.717, 1.165) is 24.3 Å². The van der Waals surface area contributed by atoms with Crippen LogP contribution in [-0.4, -0.2) is 11.5 Å². The summed E-state index contributed by atoms with van der Waals surface area (Å²) in [6, 6.07) is 9.55. The van der Waals surface area contributed by atoms with Crippen LogP contribution in [0.25, 0.3) is 0 Å². The molecule has 1 heterocycles. The lowest BCUT2D eigenvalue weighted by Gasteiger charge is -2.04. The van der Waals surface area contributed by atoms with Gasteiger partial charge >= 0.3 is 0 Å². The van der Waals surface area contributed by atoms with Crippen LogP contribution >= 0.6 is 11.3 Å². The van der Waals surface area contributed by atoms with Crippen molar-refractivity contribution in [3.05, 3.63) is 46.4 Å². The quantitative estimate of drug-likeness (QED) is 0.876. The van der Waals surface area contributed by atoms with Gasteiger partial charge in [-0.05, 0) is 24.3 Å². The highest BCUT2D eigenvalue weighted by molar-refractivity contribution is 7.07. The maximum absolute atomic E-state index is 8.65. The molecule has 0 saturated carbocycles. The third-order valence-corrected chi connectivity index (χ3v) is 2.84. The molecular formula is C12H11N3S. The van der Waals surface area contributed by atoms with Crippen LogP contribution in [-0.2, 0) is 6.42 Å². The summed E-state index contributed by atoms with van der Waals surface area (Å²) >= 11 is 1.62. The molecule has 0 fully saturated rings. The van der Waals surface area contributed by atoms with Crippen molar-refractivity contribution in [2.24, 2.45) is 0 Å². The van der Waals surface area contributed by atoms with Gasteiger partial charge in [-0.25, -0.2) is 4.98 Å². The Kier molecular flexibility index (Phi) is 3.52. The lowest BCUT2D eigenvalue weighted by Crippen LogP contribution is -2.04. The van der Waals surface area contributed by atoms with Crippen molar-refractivity contribution in [1.82, 2.24) is 4.98 Å². The third kappa shape index (κ3) is 2.81. The maximum atomic E-state index is 8.65. The molecule has 1 aromatic carbocycles. The summed E-state index contributed by atoms with van der Waals surface area (Å²) in [7, 11) is 0. The zero-order valence-electron chi connectivity index (χ0n) is 8.68. The second-order valence-corrected chi connectivity index (χ2v) is 4.06. The van der Waals surface area contributed by atoms with Gasteiger partial charge in [0.2, 0.25) is 0 Å². The molecule has 2 rings (SSSR count). The number of nitrogens with zero attached hydrogens (tertiary/aromatic N) is 2. The third-order valence-electron chi connectivity index (χ3n) is 2.21. The Morgan fingerprint density at radius 3 is 2.75 bits per heavy atom. The normalized spacial score (nSPS) is 9.69. The van der Waals surface area contributed by atoms with Crippen LogP contribution in [0.5, 0.6) is 0 Å². The average molecular weight is 229 g/mol. The van der Waals surface area contributed by atoms with Crippen LogP contribution in [0.3, 0.4) is 0 Å². The molecule has 0 saturated heterocycles. The fourth-order valence-electron chi connectivity index (χ4n) is 1.36. The van der Waals surface area contributed by atoms with Crippen LogP contribution in [0, 0.1) is 11.3 Å². The first-order chi connectivity index (χ1) is 7.88. The predicted octanol–water partition coefficient (Wildman–Crippen LogP) is 2.67. The van der Waals surface area contributed by atoms with Crippen molar-refractivity contribution < 1.29 is 0 Å². The first-order valence-corrected chi connectivity index (χ1v) is 5.94. The molecule has 0 aliphatic rings. The van der Waals surface area contributed by atoms with E-state index in [2.05, 4.69) is 21.8 Å². The molecule has 0 amide bonds. The lowest BCUT2D eigenvalue weighted by molar-refractivity contribution is 0.977. The number of hydrogen-bond donors (Lipinski definition) is 1. The highest BCUT2D eigenvalue weighted by atomic mass is 32.1. The van der Waals surface area contributed by atoms with Gasteiger partial charge in [0.25, 0.3) is 0 Å². The fraction of sp³-hybridized carbons (Fsp3) is 0.167. The van der Waals surface area contributed by atoms with Gasteiger partial charge in [-0.1, -0.05) is 0 Å². The Morgan fingerprint density at radius 2 is 2.12 bits per heavy atom. The first kappa shape index (κ1) is 10.7. The van der Waals surface area contributed by atoms with E-state index in [9.17, 15) is 0 Å². The van der Waals surface area contributed by atoms with E-state index in [-0.39, 0.29) is 0 Å². The van der Waals surface area contributed by atoms with Crippen molar-refractivity contribution in [3.63, 3.8) is 0 Å². The van der Waals surface area contributed by atoms with E-state index in [1.807, 2.05) is 29.8 Å². The highest BCUT2D eigenvalue weighted by Crippen LogP contribution is 2.09. The van der Waals surface area contributed by atoms with Crippen molar-refractivity contribution in [1.29, 1.82) is 5.26 Å². The Morgan fingerprint density at radius 1 is 1.31 bits per heavy atom. The zero-order valence-corrected chi connectivity index (χ0v) is 9.50. The van der Waals surface area contributed by atoms with Crippen molar-refractivity contribution in [2.45, 2.75) is 6.42 Å². The van der Waals surface area contributed by atoms with Gasteiger partial charge in [-0.3, -0.25) is 0 Å². The van der Waals surface area contributed by atoms with E-state index < -0.39 is 0 Å². The van der Waals surface area contributed by atoms with Gasteiger partial charge in [-0.15, -0.1) is 11.3 Å². The molecular weight excluding hydrogens is 218 g/mol. The fourth-order valence-corrected chi connectivity index (χ4v) is 1.95. The second-order valence-electron chi connectivity index (χ2n) is 3.35. The van der Waals surface area contributed by atoms with Crippen LogP contribution < -0.4 is 5.32 Å². The van der Waals surface area contributed by atoms with Crippen LogP contribution in [0.15, 0.2) is 35.2 Å².